The topological polar surface area (TPSA) is 63.5 Å². The lowest BCUT2D eigenvalue weighted by Gasteiger charge is -2.16. The van der Waals surface area contributed by atoms with Crippen LogP contribution in [0.1, 0.15) is 27.2 Å². The molecular weight excluding hydrogens is 278 g/mol. The smallest absolute Gasteiger partial charge is 0.190 e. The van der Waals surface area contributed by atoms with Gasteiger partial charge in [-0.15, -0.1) is 0 Å². The second kappa shape index (κ2) is 11.1. The molecule has 126 valence electrons. The summed E-state index contributed by atoms with van der Waals surface area (Å²) in [6.07, 6.45) is 4.78. The lowest BCUT2D eigenvalue weighted by atomic mass is 10.2. The molecule has 0 aliphatic carbocycles. The maximum Gasteiger partial charge on any atom is 0.190 e. The van der Waals surface area contributed by atoms with Crippen molar-refractivity contribution < 1.29 is 4.74 Å². The quantitative estimate of drug-likeness (QED) is 0.393. The maximum absolute atomic E-state index is 5.56. The Morgan fingerprint density at radius 2 is 2.14 bits per heavy atom. The Balaban J connectivity index is 2.09. The number of guanidine groups is 1. The summed E-state index contributed by atoms with van der Waals surface area (Å²) in [5.41, 5.74) is 0. The molecule has 22 heavy (non-hydrogen) atoms. The summed E-state index contributed by atoms with van der Waals surface area (Å²) in [7, 11) is 1.79. The van der Waals surface area contributed by atoms with E-state index in [1.54, 1.807) is 7.05 Å². The van der Waals surface area contributed by atoms with E-state index in [0.717, 1.165) is 45.2 Å². The van der Waals surface area contributed by atoms with Gasteiger partial charge in [0.2, 0.25) is 0 Å². The summed E-state index contributed by atoms with van der Waals surface area (Å²) in [5.74, 6) is 1.92. The minimum Gasteiger partial charge on any atom is -0.381 e. The second-order valence-corrected chi connectivity index (χ2v) is 6.04. The van der Waals surface area contributed by atoms with E-state index in [1.807, 2.05) is 23.1 Å². The molecule has 1 heterocycles. The first-order chi connectivity index (χ1) is 10.6. The third-order valence-electron chi connectivity index (χ3n) is 3.11. The Bertz CT molecular complexity index is 403. The molecule has 0 spiro atoms. The molecule has 0 saturated carbocycles. The highest BCUT2D eigenvalue weighted by molar-refractivity contribution is 5.79. The number of ether oxygens (including phenoxy) is 1. The first-order valence-electron chi connectivity index (χ1n) is 8.11. The number of hydrogen-bond acceptors (Lipinski definition) is 3. The van der Waals surface area contributed by atoms with Crippen molar-refractivity contribution in [3.8, 4) is 0 Å². The van der Waals surface area contributed by atoms with Gasteiger partial charge >= 0.3 is 0 Å². The van der Waals surface area contributed by atoms with E-state index in [4.69, 9.17) is 4.74 Å². The summed E-state index contributed by atoms with van der Waals surface area (Å²) in [6, 6.07) is 1.95. The SMILES string of the molecule is CN=C(NCCCOCC(C)C)NCC(C)Cn1cccn1. The van der Waals surface area contributed by atoms with Gasteiger partial charge in [0, 0.05) is 52.3 Å². The molecule has 0 amide bonds. The Kier molecular flexibility index (Phi) is 9.30. The van der Waals surface area contributed by atoms with Crippen molar-refractivity contribution in [3.05, 3.63) is 18.5 Å². The molecule has 0 aliphatic rings. The first kappa shape index (κ1) is 18.5. The fraction of sp³-hybridized carbons (Fsp3) is 0.750. The largest absolute Gasteiger partial charge is 0.381 e. The predicted molar refractivity (Wildman–Crippen MR) is 91.0 cm³/mol. The van der Waals surface area contributed by atoms with E-state index >= 15 is 0 Å². The van der Waals surface area contributed by atoms with Gasteiger partial charge in [0.15, 0.2) is 5.96 Å². The zero-order valence-electron chi connectivity index (χ0n) is 14.4. The zero-order chi connectivity index (χ0) is 16.2. The third kappa shape index (κ3) is 8.67. The molecular formula is C16H31N5O. The molecule has 0 radical (unpaired) electrons. The first-order valence-corrected chi connectivity index (χ1v) is 8.11. The molecule has 0 aromatic carbocycles. The van der Waals surface area contributed by atoms with Crippen LogP contribution >= 0.6 is 0 Å². The van der Waals surface area contributed by atoms with Crippen LogP contribution in [0.4, 0.5) is 0 Å². The van der Waals surface area contributed by atoms with Gasteiger partial charge in [0.05, 0.1) is 0 Å². The Morgan fingerprint density at radius 3 is 2.77 bits per heavy atom. The van der Waals surface area contributed by atoms with Crippen LogP contribution in [0, 0.1) is 11.8 Å². The van der Waals surface area contributed by atoms with Crippen molar-refractivity contribution in [2.75, 3.05) is 33.4 Å². The molecule has 6 heteroatoms. The van der Waals surface area contributed by atoms with Gasteiger partial charge in [-0.05, 0) is 24.3 Å². The Hall–Kier alpha value is -1.56. The van der Waals surface area contributed by atoms with Crippen LogP contribution in [0.5, 0.6) is 0 Å². The van der Waals surface area contributed by atoms with Crippen LogP contribution in [-0.2, 0) is 11.3 Å². The minimum absolute atomic E-state index is 0.479. The monoisotopic (exact) mass is 309 g/mol. The van der Waals surface area contributed by atoms with Crippen molar-refractivity contribution >= 4 is 5.96 Å². The van der Waals surface area contributed by atoms with Crippen molar-refractivity contribution in [2.45, 2.75) is 33.7 Å². The molecule has 1 aromatic rings. The van der Waals surface area contributed by atoms with Gasteiger partial charge in [0.1, 0.15) is 0 Å². The van der Waals surface area contributed by atoms with E-state index in [9.17, 15) is 0 Å². The lowest BCUT2D eigenvalue weighted by molar-refractivity contribution is 0.108. The average Bonchev–Trinajstić information content (AvgIpc) is 2.98. The van der Waals surface area contributed by atoms with E-state index in [0.29, 0.717) is 11.8 Å². The molecule has 1 aromatic heterocycles. The van der Waals surface area contributed by atoms with Crippen LogP contribution < -0.4 is 10.6 Å². The summed E-state index contributed by atoms with van der Waals surface area (Å²) < 4.78 is 7.51. The highest BCUT2D eigenvalue weighted by Gasteiger charge is 2.05. The van der Waals surface area contributed by atoms with Crippen molar-refractivity contribution in [2.24, 2.45) is 16.8 Å². The second-order valence-electron chi connectivity index (χ2n) is 6.04. The molecule has 1 unspecified atom stereocenters. The van der Waals surface area contributed by atoms with Crippen LogP contribution in [0.15, 0.2) is 23.5 Å². The van der Waals surface area contributed by atoms with Gasteiger partial charge in [-0.2, -0.15) is 5.10 Å². The summed E-state index contributed by atoms with van der Waals surface area (Å²) in [4.78, 5) is 4.23. The van der Waals surface area contributed by atoms with Gasteiger partial charge in [-0.1, -0.05) is 20.8 Å². The van der Waals surface area contributed by atoms with Crippen molar-refractivity contribution in [1.82, 2.24) is 20.4 Å². The molecule has 2 N–H and O–H groups in total. The molecule has 6 nitrogen and oxygen atoms in total. The Labute approximate surface area is 134 Å². The molecule has 0 aliphatic heterocycles. The van der Waals surface area contributed by atoms with E-state index in [-0.39, 0.29) is 0 Å². The van der Waals surface area contributed by atoms with Gasteiger partial charge < -0.3 is 15.4 Å². The number of hydrogen-bond donors (Lipinski definition) is 2. The Morgan fingerprint density at radius 1 is 1.32 bits per heavy atom. The minimum atomic E-state index is 0.479. The standard InChI is InChI=1S/C16H31N5O/c1-14(2)13-22-10-6-7-18-16(17-4)19-11-15(3)12-21-9-5-8-20-21/h5,8-9,14-15H,6-7,10-13H2,1-4H3,(H2,17,18,19). The highest BCUT2D eigenvalue weighted by atomic mass is 16.5. The fourth-order valence-corrected chi connectivity index (χ4v) is 1.98. The van der Waals surface area contributed by atoms with E-state index in [1.165, 1.54) is 0 Å². The highest BCUT2D eigenvalue weighted by Crippen LogP contribution is 1.97. The molecule has 0 saturated heterocycles. The fourth-order valence-electron chi connectivity index (χ4n) is 1.98. The van der Waals surface area contributed by atoms with Crippen molar-refractivity contribution in [1.29, 1.82) is 0 Å². The van der Waals surface area contributed by atoms with Crippen LogP contribution in [0.25, 0.3) is 0 Å². The average molecular weight is 309 g/mol. The number of rotatable bonds is 10. The predicted octanol–water partition coefficient (Wildman–Crippen LogP) is 1.75. The maximum atomic E-state index is 5.56. The van der Waals surface area contributed by atoms with Crippen LogP contribution in [0.3, 0.4) is 0 Å². The molecule has 1 atom stereocenters. The molecule has 1 rings (SSSR count). The van der Waals surface area contributed by atoms with E-state index in [2.05, 4.69) is 41.5 Å². The molecule has 0 fully saturated rings. The lowest BCUT2D eigenvalue weighted by Crippen LogP contribution is -2.40. The normalized spacial score (nSPS) is 13.4. The number of aliphatic imine (C=N–C) groups is 1. The van der Waals surface area contributed by atoms with Crippen LogP contribution in [0.2, 0.25) is 0 Å². The van der Waals surface area contributed by atoms with Crippen molar-refractivity contribution in [3.63, 3.8) is 0 Å². The number of aromatic nitrogens is 2. The van der Waals surface area contributed by atoms with Gasteiger partial charge in [-0.3, -0.25) is 9.67 Å². The van der Waals surface area contributed by atoms with E-state index < -0.39 is 0 Å². The molecule has 0 bridgehead atoms. The number of nitrogens with one attached hydrogen (secondary N) is 2. The third-order valence-corrected chi connectivity index (χ3v) is 3.11. The zero-order valence-corrected chi connectivity index (χ0v) is 14.4. The van der Waals surface area contributed by atoms with Gasteiger partial charge in [-0.25, -0.2) is 0 Å². The number of nitrogens with zero attached hydrogens (tertiary/aromatic N) is 3. The summed E-state index contributed by atoms with van der Waals surface area (Å²) >= 11 is 0. The summed E-state index contributed by atoms with van der Waals surface area (Å²) in [6.45, 7) is 10.8. The van der Waals surface area contributed by atoms with Crippen LogP contribution in [-0.4, -0.2) is 49.1 Å². The summed E-state index contributed by atoms with van der Waals surface area (Å²) in [5, 5.41) is 10.9. The van der Waals surface area contributed by atoms with Gasteiger partial charge in [0.25, 0.3) is 0 Å².